The summed E-state index contributed by atoms with van der Waals surface area (Å²) in [7, 11) is 1.94. The number of pyridine rings is 1. The van der Waals surface area contributed by atoms with Crippen molar-refractivity contribution < 1.29 is 0 Å². The van der Waals surface area contributed by atoms with Gasteiger partial charge in [0.25, 0.3) is 0 Å². The minimum absolute atomic E-state index is 0.478. The van der Waals surface area contributed by atoms with Crippen molar-refractivity contribution in [3.63, 3.8) is 0 Å². The fourth-order valence-corrected chi connectivity index (χ4v) is 2.39. The molecule has 19 heavy (non-hydrogen) atoms. The van der Waals surface area contributed by atoms with E-state index in [9.17, 15) is 0 Å². The summed E-state index contributed by atoms with van der Waals surface area (Å²) in [6.45, 7) is 8.93. The largest absolute Gasteiger partial charge is 0.373 e. The second-order valence-electron chi connectivity index (χ2n) is 5.59. The van der Waals surface area contributed by atoms with Crippen LogP contribution in [0.1, 0.15) is 57.1 Å². The summed E-state index contributed by atoms with van der Waals surface area (Å²) >= 11 is 0. The fourth-order valence-electron chi connectivity index (χ4n) is 2.39. The van der Waals surface area contributed by atoms with Crippen LogP contribution in [0.3, 0.4) is 0 Å². The van der Waals surface area contributed by atoms with Crippen LogP contribution in [0.2, 0.25) is 0 Å². The summed E-state index contributed by atoms with van der Waals surface area (Å²) in [5.41, 5.74) is 3.76. The molecule has 0 saturated heterocycles. The average Bonchev–Trinajstić information content (AvgIpc) is 2.44. The first kappa shape index (κ1) is 13.9. The van der Waals surface area contributed by atoms with Crippen LogP contribution in [0.15, 0.2) is 24.3 Å². The number of rotatable bonds is 4. The van der Waals surface area contributed by atoms with Crippen LogP contribution >= 0.6 is 0 Å². The smallest absolute Gasteiger partial charge is 0.129 e. The molecule has 1 heterocycles. The van der Waals surface area contributed by atoms with Crippen LogP contribution in [0.25, 0.3) is 10.9 Å². The highest BCUT2D eigenvalue weighted by atomic mass is 15.0. The molecule has 1 aromatic carbocycles. The summed E-state index contributed by atoms with van der Waals surface area (Å²) in [6.07, 6.45) is 1.17. The van der Waals surface area contributed by atoms with Crippen molar-refractivity contribution in [1.82, 2.24) is 4.98 Å². The Kier molecular flexibility index (Phi) is 4.08. The number of fused-ring (bicyclic) bond motifs is 1. The molecule has 0 radical (unpaired) electrons. The first-order valence-corrected chi connectivity index (χ1v) is 7.19. The highest BCUT2D eigenvalue weighted by Gasteiger charge is 2.10. The molecular formula is C17H24N2. The zero-order valence-corrected chi connectivity index (χ0v) is 12.6. The van der Waals surface area contributed by atoms with Gasteiger partial charge in [-0.25, -0.2) is 4.98 Å². The van der Waals surface area contributed by atoms with Gasteiger partial charge in [0.15, 0.2) is 0 Å². The predicted octanol–water partition coefficient (Wildman–Crippen LogP) is 4.91. The lowest BCUT2D eigenvalue weighted by atomic mass is 9.95. The molecule has 2 rings (SSSR count). The first-order chi connectivity index (χ1) is 9.06. The van der Waals surface area contributed by atoms with Crippen LogP contribution in [-0.4, -0.2) is 12.0 Å². The summed E-state index contributed by atoms with van der Waals surface area (Å²) < 4.78 is 0. The van der Waals surface area contributed by atoms with E-state index in [0.717, 1.165) is 11.3 Å². The van der Waals surface area contributed by atoms with E-state index in [1.54, 1.807) is 0 Å². The standard InChI is InChI=1S/C17H24N2/c1-6-12(4)13-7-8-16-14(9-13)10-15(11(2)3)17(18-5)19-16/h7-12H,6H2,1-5H3,(H,18,19). The van der Waals surface area contributed by atoms with E-state index >= 15 is 0 Å². The van der Waals surface area contributed by atoms with Gasteiger partial charge in [0.2, 0.25) is 0 Å². The van der Waals surface area contributed by atoms with E-state index in [0.29, 0.717) is 11.8 Å². The zero-order valence-electron chi connectivity index (χ0n) is 12.6. The molecule has 1 atom stereocenters. The second-order valence-corrected chi connectivity index (χ2v) is 5.59. The Hall–Kier alpha value is -1.57. The topological polar surface area (TPSA) is 24.9 Å². The monoisotopic (exact) mass is 256 g/mol. The number of nitrogens with zero attached hydrogens (tertiary/aromatic N) is 1. The van der Waals surface area contributed by atoms with Gasteiger partial charge in [0, 0.05) is 12.4 Å². The summed E-state index contributed by atoms with van der Waals surface area (Å²) in [4.78, 5) is 4.73. The molecule has 0 aliphatic rings. The Morgan fingerprint density at radius 2 is 1.89 bits per heavy atom. The molecule has 2 nitrogen and oxygen atoms in total. The van der Waals surface area contributed by atoms with Gasteiger partial charge in [-0.2, -0.15) is 0 Å². The van der Waals surface area contributed by atoms with E-state index in [4.69, 9.17) is 4.98 Å². The molecule has 0 aliphatic carbocycles. The normalized spacial score (nSPS) is 12.9. The molecule has 1 unspecified atom stereocenters. The first-order valence-electron chi connectivity index (χ1n) is 7.19. The number of hydrogen-bond donors (Lipinski definition) is 1. The Balaban J connectivity index is 2.59. The third-order valence-electron chi connectivity index (χ3n) is 3.91. The Labute approximate surface area is 116 Å². The number of anilines is 1. The number of nitrogens with one attached hydrogen (secondary N) is 1. The Bertz CT molecular complexity index is 573. The molecule has 1 aromatic heterocycles. The van der Waals surface area contributed by atoms with E-state index < -0.39 is 0 Å². The number of hydrogen-bond acceptors (Lipinski definition) is 2. The molecule has 0 spiro atoms. The maximum atomic E-state index is 4.73. The molecule has 0 fully saturated rings. The van der Waals surface area contributed by atoms with Crippen LogP contribution in [0.4, 0.5) is 5.82 Å². The Morgan fingerprint density at radius 1 is 1.16 bits per heavy atom. The molecule has 102 valence electrons. The molecule has 0 aliphatic heterocycles. The summed E-state index contributed by atoms with van der Waals surface area (Å²) in [6, 6.07) is 8.92. The average molecular weight is 256 g/mol. The number of benzene rings is 1. The molecule has 0 bridgehead atoms. The van der Waals surface area contributed by atoms with Crippen molar-refractivity contribution >= 4 is 16.7 Å². The lowest BCUT2D eigenvalue weighted by molar-refractivity contribution is 0.734. The molecule has 1 N–H and O–H groups in total. The molecule has 0 amide bonds. The Morgan fingerprint density at radius 3 is 2.47 bits per heavy atom. The second kappa shape index (κ2) is 5.60. The highest BCUT2D eigenvalue weighted by Crippen LogP contribution is 2.29. The van der Waals surface area contributed by atoms with Crippen molar-refractivity contribution in [1.29, 1.82) is 0 Å². The van der Waals surface area contributed by atoms with E-state index in [-0.39, 0.29) is 0 Å². The molecule has 2 aromatic rings. The maximum absolute atomic E-state index is 4.73. The van der Waals surface area contributed by atoms with Crippen molar-refractivity contribution in [2.24, 2.45) is 0 Å². The minimum atomic E-state index is 0.478. The summed E-state index contributed by atoms with van der Waals surface area (Å²) in [5, 5.41) is 4.46. The van der Waals surface area contributed by atoms with Crippen molar-refractivity contribution in [3.05, 3.63) is 35.4 Å². The van der Waals surface area contributed by atoms with Gasteiger partial charge in [0.05, 0.1) is 5.52 Å². The molecular weight excluding hydrogens is 232 g/mol. The quantitative estimate of drug-likeness (QED) is 0.840. The van der Waals surface area contributed by atoms with Crippen molar-refractivity contribution in [2.45, 2.75) is 46.0 Å². The maximum Gasteiger partial charge on any atom is 0.129 e. The lowest BCUT2D eigenvalue weighted by Crippen LogP contribution is -2.01. The van der Waals surface area contributed by atoms with Gasteiger partial charge in [0.1, 0.15) is 5.82 Å². The predicted molar refractivity (Wildman–Crippen MR) is 84.1 cm³/mol. The van der Waals surface area contributed by atoms with Crippen molar-refractivity contribution in [2.75, 3.05) is 12.4 Å². The van der Waals surface area contributed by atoms with Gasteiger partial charge in [-0.15, -0.1) is 0 Å². The lowest BCUT2D eigenvalue weighted by Gasteiger charge is -2.15. The molecule has 0 saturated carbocycles. The van der Waals surface area contributed by atoms with Crippen molar-refractivity contribution in [3.8, 4) is 0 Å². The van der Waals surface area contributed by atoms with E-state index in [1.165, 1.54) is 22.9 Å². The van der Waals surface area contributed by atoms with Gasteiger partial charge < -0.3 is 5.32 Å². The van der Waals surface area contributed by atoms with Crippen LogP contribution in [-0.2, 0) is 0 Å². The minimum Gasteiger partial charge on any atom is -0.373 e. The summed E-state index contributed by atoms with van der Waals surface area (Å²) in [5.74, 6) is 2.08. The highest BCUT2D eigenvalue weighted by molar-refractivity contribution is 5.82. The van der Waals surface area contributed by atoms with Crippen LogP contribution < -0.4 is 5.32 Å². The SMILES string of the molecule is CCC(C)c1ccc2nc(NC)c(C(C)C)cc2c1. The van der Waals surface area contributed by atoms with E-state index in [1.807, 2.05) is 7.05 Å². The van der Waals surface area contributed by atoms with Gasteiger partial charge in [-0.3, -0.25) is 0 Å². The molecule has 2 heteroatoms. The number of aromatic nitrogens is 1. The van der Waals surface area contributed by atoms with Gasteiger partial charge >= 0.3 is 0 Å². The fraction of sp³-hybridized carbons (Fsp3) is 0.471. The third-order valence-corrected chi connectivity index (χ3v) is 3.91. The van der Waals surface area contributed by atoms with E-state index in [2.05, 4.69) is 57.3 Å². The van der Waals surface area contributed by atoms with Gasteiger partial charge in [-0.1, -0.05) is 33.8 Å². The van der Waals surface area contributed by atoms with Crippen LogP contribution in [0, 0.1) is 0 Å². The zero-order chi connectivity index (χ0) is 14.0. The third kappa shape index (κ3) is 2.73. The van der Waals surface area contributed by atoms with Gasteiger partial charge in [-0.05, 0) is 47.6 Å². The van der Waals surface area contributed by atoms with Crippen LogP contribution in [0.5, 0.6) is 0 Å².